The molecule has 3 rings (SSSR count). The van der Waals surface area contributed by atoms with Crippen molar-refractivity contribution in [1.82, 2.24) is 5.32 Å². The minimum atomic E-state index is 0.231. The number of thiophene rings is 1. The summed E-state index contributed by atoms with van der Waals surface area (Å²) in [5, 5.41) is 13.3. The van der Waals surface area contributed by atoms with Gasteiger partial charge in [0.25, 0.3) is 0 Å². The topological polar surface area (TPSA) is 61.8 Å². The predicted molar refractivity (Wildman–Crippen MR) is 60.9 cm³/mol. The Morgan fingerprint density at radius 2 is 2.33 bits per heavy atom. The zero-order valence-electron chi connectivity index (χ0n) is 8.47. The highest BCUT2D eigenvalue weighted by atomic mass is 32.1. The molecule has 0 aromatic carbocycles. The maximum Gasteiger partial charge on any atom is 0.104 e. The number of hydrogen-bond donors (Lipinski definition) is 2. The minimum Gasteiger partial charge on any atom is -0.389 e. The molecule has 0 radical (unpaired) electrons. The molecule has 1 fully saturated rings. The molecule has 1 aliphatic carbocycles. The van der Waals surface area contributed by atoms with Crippen LogP contribution in [0, 0.1) is 11.3 Å². The van der Waals surface area contributed by atoms with Gasteiger partial charge < -0.3 is 11.1 Å². The Balaban J connectivity index is 2.20. The van der Waals surface area contributed by atoms with E-state index in [-0.39, 0.29) is 5.41 Å². The third-order valence-corrected chi connectivity index (χ3v) is 4.80. The van der Waals surface area contributed by atoms with Crippen molar-refractivity contribution in [3.63, 3.8) is 0 Å². The van der Waals surface area contributed by atoms with E-state index in [2.05, 4.69) is 11.4 Å². The fourth-order valence-electron chi connectivity index (χ4n) is 2.99. The second-order valence-electron chi connectivity index (χ2n) is 4.46. The van der Waals surface area contributed by atoms with Crippen molar-refractivity contribution in [2.45, 2.75) is 24.7 Å². The molecule has 2 aliphatic rings. The highest BCUT2D eigenvalue weighted by Crippen LogP contribution is 2.49. The van der Waals surface area contributed by atoms with Crippen LogP contribution in [0.2, 0.25) is 0 Å². The smallest absolute Gasteiger partial charge is 0.104 e. The van der Waals surface area contributed by atoms with Gasteiger partial charge in [0.15, 0.2) is 0 Å². The summed E-state index contributed by atoms with van der Waals surface area (Å²) in [5.74, 6) is 0. The van der Waals surface area contributed by atoms with Crippen molar-refractivity contribution < 1.29 is 0 Å². The number of nitrogens with two attached hydrogens (primary N) is 1. The third kappa shape index (κ3) is 1.08. The van der Waals surface area contributed by atoms with Crippen molar-refractivity contribution in [1.29, 1.82) is 5.26 Å². The van der Waals surface area contributed by atoms with Crippen molar-refractivity contribution in [3.05, 3.63) is 16.0 Å². The Morgan fingerprint density at radius 3 is 3.00 bits per heavy atom. The van der Waals surface area contributed by atoms with Gasteiger partial charge in [-0.15, -0.1) is 11.3 Å². The lowest BCUT2D eigenvalue weighted by Gasteiger charge is -2.22. The Labute approximate surface area is 92.9 Å². The number of rotatable bonds is 0. The van der Waals surface area contributed by atoms with Crippen LogP contribution in [0.3, 0.4) is 0 Å². The number of anilines is 1. The van der Waals surface area contributed by atoms with Gasteiger partial charge in [0, 0.05) is 16.8 Å². The maximum absolute atomic E-state index is 9.17. The van der Waals surface area contributed by atoms with Crippen molar-refractivity contribution in [3.8, 4) is 6.07 Å². The number of fused-ring (bicyclic) bond motifs is 2. The molecule has 4 heteroatoms. The van der Waals surface area contributed by atoms with E-state index in [9.17, 15) is 5.26 Å². The van der Waals surface area contributed by atoms with Gasteiger partial charge in [-0.05, 0) is 31.4 Å². The molecule has 78 valence electrons. The molecule has 3 N–H and O–H groups in total. The van der Waals surface area contributed by atoms with Crippen LogP contribution in [0.15, 0.2) is 0 Å². The SMILES string of the molecule is N#Cc1c(N)sc2c1C1(CCNC1)CC2. The molecule has 1 aromatic heterocycles. The average molecular weight is 219 g/mol. The number of nitrogen functional groups attached to an aromatic ring is 1. The number of nitriles is 1. The fraction of sp³-hybridized carbons (Fsp3) is 0.545. The zero-order valence-corrected chi connectivity index (χ0v) is 9.28. The maximum atomic E-state index is 9.17. The van der Waals surface area contributed by atoms with Crippen LogP contribution < -0.4 is 11.1 Å². The van der Waals surface area contributed by atoms with Gasteiger partial charge in [-0.3, -0.25) is 0 Å². The van der Waals surface area contributed by atoms with Crippen LogP contribution in [-0.2, 0) is 11.8 Å². The molecule has 1 unspecified atom stereocenters. The number of nitrogens with one attached hydrogen (secondary N) is 1. The second-order valence-corrected chi connectivity index (χ2v) is 5.60. The van der Waals surface area contributed by atoms with E-state index in [0.717, 1.165) is 31.5 Å². The van der Waals surface area contributed by atoms with E-state index in [1.54, 1.807) is 11.3 Å². The van der Waals surface area contributed by atoms with Crippen LogP contribution in [0.1, 0.15) is 28.8 Å². The largest absolute Gasteiger partial charge is 0.389 e. The predicted octanol–water partition coefficient (Wildman–Crippen LogP) is 1.38. The second kappa shape index (κ2) is 2.97. The molecule has 0 amide bonds. The third-order valence-electron chi connectivity index (χ3n) is 3.72. The number of nitrogens with zero attached hydrogens (tertiary/aromatic N) is 1. The van der Waals surface area contributed by atoms with E-state index in [0.29, 0.717) is 5.00 Å². The molecular weight excluding hydrogens is 206 g/mol. The number of aryl methyl sites for hydroxylation is 1. The lowest BCUT2D eigenvalue weighted by molar-refractivity contribution is 0.468. The Hall–Kier alpha value is -1.05. The van der Waals surface area contributed by atoms with Crippen LogP contribution in [0.4, 0.5) is 5.00 Å². The van der Waals surface area contributed by atoms with Crippen molar-refractivity contribution >= 4 is 16.3 Å². The van der Waals surface area contributed by atoms with Crippen LogP contribution in [0.25, 0.3) is 0 Å². The molecule has 0 saturated carbocycles. The minimum absolute atomic E-state index is 0.231. The van der Waals surface area contributed by atoms with Gasteiger partial charge in [-0.25, -0.2) is 0 Å². The van der Waals surface area contributed by atoms with Crippen LogP contribution >= 0.6 is 11.3 Å². The summed E-state index contributed by atoms with van der Waals surface area (Å²) in [6.07, 6.45) is 3.45. The summed E-state index contributed by atoms with van der Waals surface area (Å²) < 4.78 is 0. The first-order valence-electron chi connectivity index (χ1n) is 5.29. The molecule has 2 heterocycles. The van der Waals surface area contributed by atoms with Gasteiger partial charge in [0.1, 0.15) is 11.1 Å². The van der Waals surface area contributed by atoms with Gasteiger partial charge in [0.2, 0.25) is 0 Å². The summed E-state index contributed by atoms with van der Waals surface area (Å²) in [4.78, 5) is 1.35. The monoisotopic (exact) mass is 219 g/mol. The first kappa shape index (κ1) is 9.20. The van der Waals surface area contributed by atoms with Crippen molar-refractivity contribution in [2.24, 2.45) is 0 Å². The number of hydrogen-bond acceptors (Lipinski definition) is 4. The summed E-state index contributed by atoms with van der Waals surface area (Å²) in [7, 11) is 0. The standard InChI is InChI=1S/C11H13N3S/c12-5-7-9-8(15-10(7)13)1-2-11(9)3-4-14-6-11/h14H,1-4,6,13H2. The lowest BCUT2D eigenvalue weighted by Crippen LogP contribution is -2.26. The van der Waals surface area contributed by atoms with E-state index in [4.69, 9.17) is 5.73 Å². The van der Waals surface area contributed by atoms with Gasteiger partial charge in [-0.1, -0.05) is 0 Å². The molecule has 1 saturated heterocycles. The van der Waals surface area contributed by atoms with Gasteiger partial charge in [-0.2, -0.15) is 5.26 Å². The normalized spacial score (nSPS) is 28.2. The summed E-state index contributed by atoms with van der Waals surface area (Å²) in [6, 6.07) is 2.28. The van der Waals surface area contributed by atoms with Crippen molar-refractivity contribution in [2.75, 3.05) is 18.8 Å². The van der Waals surface area contributed by atoms with E-state index >= 15 is 0 Å². The van der Waals surface area contributed by atoms with Gasteiger partial charge >= 0.3 is 0 Å². The van der Waals surface area contributed by atoms with Crippen LogP contribution in [-0.4, -0.2) is 13.1 Å². The zero-order chi connectivity index (χ0) is 10.5. The Kier molecular flexibility index (Phi) is 1.82. The van der Waals surface area contributed by atoms with E-state index in [1.807, 2.05) is 0 Å². The molecular formula is C11H13N3S. The first-order chi connectivity index (χ1) is 7.27. The van der Waals surface area contributed by atoms with E-state index in [1.165, 1.54) is 16.9 Å². The quantitative estimate of drug-likeness (QED) is 0.693. The first-order valence-corrected chi connectivity index (χ1v) is 6.11. The Bertz CT molecular complexity index is 449. The van der Waals surface area contributed by atoms with Gasteiger partial charge in [0.05, 0.1) is 5.56 Å². The Morgan fingerprint density at radius 1 is 1.47 bits per heavy atom. The summed E-state index contributed by atoms with van der Waals surface area (Å²) >= 11 is 1.62. The fourth-order valence-corrected chi connectivity index (χ4v) is 4.13. The average Bonchev–Trinajstić information content (AvgIpc) is 2.87. The summed E-state index contributed by atoms with van der Waals surface area (Å²) in [6.45, 7) is 2.09. The molecule has 15 heavy (non-hydrogen) atoms. The molecule has 1 spiro atoms. The highest BCUT2D eigenvalue weighted by Gasteiger charge is 2.44. The van der Waals surface area contributed by atoms with E-state index < -0.39 is 0 Å². The molecule has 1 atom stereocenters. The highest BCUT2D eigenvalue weighted by molar-refractivity contribution is 7.16. The van der Waals surface area contributed by atoms with Crippen LogP contribution in [0.5, 0.6) is 0 Å². The molecule has 1 aliphatic heterocycles. The molecule has 3 nitrogen and oxygen atoms in total. The summed E-state index contributed by atoms with van der Waals surface area (Å²) in [5.41, 5.74) is 8.16. The lowest BCUT2D eigenvalue weighted by atomic mass is 9.80. The molecule has 0 bridgehead atoms. The molecule has 1 aromatic rings.